The van der Waals surface area contributed by atoms with E-state index in [0.717, 1.165) is 6.20 Å². The molecule has 0 aliphatic carbocycles. The van der Waals surface area contributed by atoms with Gasteiger partial charge in [-0.25, -0.2) is 4.39 Å². The van der Waals surface area contributed by atoms with Gasteiger partial charge in [0.25, 0.3) is 0 Å². The topological polar surface area (TPSA) is 12.9 Å². The van der Waals surface area contributed by atoms with Crippen molar-refractivity contribution in [3.05, 3.63) is 23.6 Å². The number of halogens is 1. The molecule has 0 saturated heterocycles. The SMILES string of the molecule is [B]c1cc(C)c(F)cn1. The molecule has 0 N–H and O–H groups in total. The zero-order chi connectivity index (χ0) is 6.85. The Bertz CT molecular complexity index is 224. The summed E-state index contributed by atoms with van der Waals surface area (Å²) in [4.78, 5) is 3.54. The first-order valence-corrected chi connectivity index (χ1v) is 2.58. The second-order valence-corrected chi connectivity index (χ2v) is 1.86. The Morgan fingerprint density at radius 3 is 2.78 bits per heavy atom. The van der Waals surface area contributed by atoms with Crippen LogP contribution in [0.3, 0.4) is 0 Å². The highest BCUT2D eigenvalue weighted by atomic mass is 19.1. The predicted octanol–water partition coefficient (Wildman–Crippen LogP) is 0.323. The van der Waals surface area contributed by atoms with Gasteiger partial charge in [-0.05, 0) is 24.1 Å². The maximum Gasteiger partial charge on any atom is 0.144 e. The average Bonchev–Trinajstić information content (AvgIpc) is 1.80. The molecule has 0 aliphatic rings. The molecular formula is C6H5BFN. The molecule has 1 nitrogen and oxygen atoms in total. The molecule has 0 aliphatic heterocycles. The number of aromatic nitrogens is 1. The molecule has 0 atom stereocenters. The largest absolute Gasteiger partial charge is 0.270 e. The molecular weight excluding hydrogens is 116 g/mol. The minimum Gasteiger partial charge on any atom is -0.270 e. The molecule has 3 heteroatoms. The molecule has 9 heavy (non-hydrogen) atoms. The summed E-state index contributed by atoms with van der Waals surface area (Å²) in [5, 5.41) is 0. The quantitative estimate of drug-likeness (QED) is 0.450. The summed E-state index contributed by atoms with van der Waals surface area (Å²) in [6.07, 6.45) is 1.12. The molecule has 0 unspecified atom stereocenters. The van der Waals surface area contributed by atoms with Gasteiger partial charge in [-0.2, -0.15) is 0 Å². The van der Waals surface area contributed by atoms with Crippen LogP contribution in [0.4, 0.5) is 4.39 Å². The van der Waals surface area contributed by atoms with Gasteiger partial charge in [0.05, 0.1) is 6.20 Å². The van der Waals surface area contributed by atoms with Crippen LogP contribution < -0.4 is 5.59 Å². The molecule has 0 saturated carbocycles. The van der Waals surface area contributed by atoms with E-state index < -0.39 is 0 Å². The Balaban J connectivity index is 3.17. The van der Waals surface area contributed by atoms with Gasteiger partial charge in [-0.15, -0.1) is 0 Å². The van der Waals surface area contributed by atoms with E-state index in [1.54, 1.807) is 6.92 Å². The lowest BCUT2D eigenvalue weighted by atomic mass is 10.0. The Hall–Kier alpha value is -0.855. The van der Waals surface area contributed by atoms with Crippen molar-refractivity contribution in [3.8, 4) is 0 Å². The molecule has 1 heterocycles. The summed E-state index contributed by atoms with van der Waals surface area (Å²) in [6.45, 7) is 1.65. The van der Waals surface area contributed by atoms with Crippen molar-refractivity contribution in [3.63, 3.8) is 0 Å². The van der Waals surface area contributed by atoms with Gasteiger partial charge in [0.2, 0.25) is 0 Å². The van der Waals surface area contributed by atoms with Gasteiger partial charge in [0.15, 0.2) is 0 Å². The third-order valence-corrected chi connectivity index (χ3v) is 1.07. The Kier molecular flexibility index (Phi) is 1.51. The molecule has 1 rings (SSSR count). The van der Waals surface area contributed by atoms with Crippen molar-refractivity contribution >= 4 is 13.4 Å². The highest BCUT2D eigenvalue weighted by Gasteiger charge is 1.94. The summed E-state index contributed by atoms with van der Waals surface area (Å²) in [7, 11) is 5.25. The average molecular weight is 121 g/mol. The van der Waals surface area contributed by atoms with Gasteiger partial charge in [-0.1, -0.05) is 0 Å². The van der Waals surface area contributed by atoms with Crippen LogP contribution in [0.2, 0.25) is 0 Å². The molecule has 0 bridgehead atoms. The molecule has 0 aromatic carbocycles. The van der Waals surface area contributed by atoms with Crippen LogP contribution in [-0.2, 0) is 0 Å². The molecule has 0 spiro atoms. The first-order valence-electron chi connectivity index (χ1n) is 2.58. The van der Waals surface area contributed by atoms with Gasteiger partial charge in [0.1, 0.15) is 13.7 Å². The monoisotopic (exact) mass is 121 g/mol. The van der Waals surface area contributed by atoms with Gasteiger partial charge in [0, 0.05) is 0 Å². The third kappa shape index (κ3) is 1.28. The zero-order valence-corrected chi connectivity index (χ0v) is 5.06. The highest BCUT2D eigenvalue weighted by molar-refractivity contribution is 6.30. The summed E-state index contributed by atoms with van der Waals surface area (Å²) in [6, 6.07) is 1.50. The van der Waals surface area contributed by atoms with Crippen molar-refractivity contribution in [2.24, 2.45) is 0 Å². The van der Waals surface area contributed by atoms with Crippen LogP contribution in [0.1, 0.15) is 5.56 Å². The molecule has 2 radical (unpaired) electrons. The molecule has 0 amide bonds. The third-order valence-electron chi connectivity index (χ3n) is 1.07. The van der Waals surface area contributed by atoms with Crippen molar-refractivity contribution in [1.82, 2.24) is 4.98 Å². The summed E-state index contributed by atoms with van der Waals surface area (Å²) in [5.41, 5.74) is 0.886. The second kappa shape index (κ2) is 2.17. The maximum absolute atomic E-state index is 12.4. The summed E-state index contributed by atoms with van der Waals surface area (Å²) < 4.78 is 12.4. The smallest absolute Gasteiger partial charge is 0.144 e. The summed E-state index contributed by atoms with van der Waals surface area (Å²) >= 11 is 0. The normalized spacial score (nSPS) is 9.56. The number of pyridine rings is 1. The molecule has 1 aromatic rings. The maximum atomic E-state index is 12.4. The number of rotatable bonds is 0. The van der Waals surface area contributed by atoms with Crippen LogP contribution in [0.25, 0.3) is 0 Å². The van der Waals surface area contributed by atoms with E-state index in [9.17, 15) is 4.39 Å². The fraction of sp³-hybridized carbons (Fsp3) is 0.167. The zero-order valence-electron chi connectivity index (χ0n) is 5.06. The van der Waals surface area contributed by atoms with Gasteiger partial charge in [-0.3, -0.25) is 4.98 Å². The first kappa shape index (κ1) is 6.27. The van der Waals surface area contributed by atoms with Crippen molar-refractivity contribution in [2.75, 3.05) is 0 Å². The predicted molar refractivity (Wildman–Crippen MR) is 34.3 cm³/mol. The highest BCUT2D eigenvalue weighted by Crippen LogP contribution is 1.98. The number of nitrogens with zero attached hydrogens (tertiary/aromatic N) is 1. The van der Waals surface area contributed by atoms with Crippen molar-refractivity contribution < 1.29 is 4.39 Å². The number of aryl methyl sites for hydroxylation is 1. The van der Waals surface area contributed by atoms with Crippen LogP contribution in [0, 0.1) is 12.7 Å². The van der Waals surface area contributed by atoms with Crippen LogP contribution in [0.5, 0.6) is 0 Å². The number of hydrogen-bond acceptors (Lipinski definition) is 1. The lowest BCUT2D eigenvalue weighted by molar-refractivity contribution is 0.613. The molecule has 1 aromatic heterocycles. The van der Waals surface area contributed by atoms with Gasteiger partial charge < -0.3 is 0 Å². The molecule has 0 fully saturated rings. The lowest BCUT2D eigenvalue weighted by Crippen LogP contribution is -2.08. The van der Waals surface area contributed by atoms with Crippen molar-refractivity contribution in [2.45, 2.75) is 6.92 Å². The number of hydrogen-bond donors (Lipinski definition) is 0. The van der Waals surface area contributed by atoms with E-state index >= 15 is 0 Å². The van der Waals surface area contributed by atoms with Crippen LogP contribution in [0.15, 0.2) is 12.3 Å². The Labute approximate surface area is 54.3 Å². The van der Waals surface area contributed by atoms with E-state index in [2.05, 4.69) is 4.98 Å². The minimum absolute atomic E-state index is 0.316. The molecule has 44 valence electrons. The first-order chi connectivity index (χ1) is 4.20. The minimum atomic E-state index is -0.316. The van der Waals surface area contributed by atoms with E-state index in [1.807, 2.05) is 0 Å². The van der Waals surface area contributed by atoms with E-state index in [4.69, 9.17) is 7.85 Å². The van der Waals surface area contributed by atoms with E-state index in [1.165, 1.54) is 6.07 Å². The van der Waals surface area contributed by atoms with Gasteiger partial charge >= 0.3 is 0 Å². The van der Waals surface area contributed by atoms with Crippen molar-refractivity contribution in [1.29, 1.82) is 0 Å². The summed E-state index contributed by atoms with van der Waals surface area (Å²) in [5.74, 6) is -0.316. The fourth-order valence-electron chi connectivity index (χ4n) is 0.561. The fourth-order valence-corrected chi connectivity index (χ4v) is 0.561. The lowest BCUT2D eigenvalue weighted by Gasteiger charge is -1.94. The van der Waals surface area contributed by atoms with E-state index in [0.29, 0.717) is 11.2 Å². The van der Waals surface area contributed by atoms with E-state index in [-0.39, 0.29) is 5.82 Å². The standard InChI is InChI=1S/C6H5BFN/c1-4-2-6(7)9-3-5(4)8/h2-3H,1H3. The van der Waals surface area contributed by atoms with Crippen LogP contribution >= 0.6 is 0 Å². The Morgan fingerprint density at radius 2 is 2.33 bits per heavy atom. The Morgan fingerprint density at radius 1 is 1.67 bits per heavy atom. The second-order valence-electron chi connectivity index (χ2n) is 1.86. The van der Waals surface area contributed by atoms with Crippen LogP contribution in [-0.4, -0.2) is 12.8 Å².